The van der Waals surface area contributed by atoms with E-state index < -0.39 is 5.60 Å². The Kier molecular flexibility index (Phi) is 6.77. The van der Waals surface area contributed by atoms with Gasteiger partial charge < -0.3 is 24.4 Å². The molecule has 7 rings (SSSR count). The van der Waals surface area contributed by atoms with Crippen LogP contribution < -0.4 is 19.7 Å². The monoisotopic (exact) mass is 582 g/mol. The van der Waals surface area contributed by atoms with Crippen LogP contribution in [0.1, 0.15) is 53.4 Å². The van der Waals surface area contributed by atoms with Crippen LogP contribution in [0.25, 0.3) is 0 Å². The van der Waals surface area contributed by atoms with Crippen molar-refractivity contribution in [2.24, 2.45) is 0 Å². The minimum atomic E-state index is -1.15. The number of anilines is 4. The van der Waals surface area contributed by atoms with E-state index in [0.717, 1.165) is 57.3 Å². The fraction of sp³-hybridized carbons (Fsp3) is 0.184. The number of ether oxygens (including phenoxy) is 3. The predicted octanol–water partition coefficient (Wildman–Crippen LogP) is 9.25. The number of carbonyl (C=O) groups excluding carboxylic acids is 1. The third kappa shape index (κ3) is 4.54. The minimum Gasteiger partial charge on any atom is -0.491 e. The van der Waals surface area contributed by atoms with Crippen molar-refractivity contribution in [2.45, 2.75) is 39.4 Å². The molecule has 0 radical (unpaired) electrons. The number of nitrogens with zero attached hydrogens (tertiary/aromatic N) is 1. The molecule has 0 saturated carbocycles. The highest BCUT2D eigenvalue weighted by Gasteiger charge is 2.53. The number of nitrogens with one attached hydrogen (secondary N) is 1. The van der Waals surface area contributed by atoms with Gasteiger partial charge in [-0.2, -0.15) is 0 Å². The van der Waals surface area contributed by atoms with Crippen molar-refractivity contribution in [3.05, 3.63) is 137 Å². The Bertz CT molecular complexity index is 1870. The van der Waals surface area contributed by atoms with Gasteiger partial charge in [0.05, 0.1) is 11.7 Å². The molecule has 6 nitrogen and oxygen atoms in total. The zero-order valence-electron chi connectivity index (χ0n) is 25.3. The summed E-state index contributed by atoms with van der Waals surface area (Å²) in [6.45, 7) is 8.96. The lowest BCUT2D eigenvalue weighted by molar-refractivity contribution is 0.0224. The number of fused-ring (bicyclic) bond motifs is 6. The van der Waals surface area contributed by atoms with Gasteiger partial charge in [0.1, 0.15) is 17.2 Å². The first-order valence-corrected chi connectivity index (χ1v) is 15.0. The number of para-hydroxylation sites is 1. The standard InChI is InChI=1S/C38H34N2O4/c1-5-40(27-15-18-29(19-16-27)42-24(2)3)28-17-20-32-36(22-28)43-35-21-25(4)34(39-26-11-7-6-8-12-26)23-33(35)38(32)31-14-10-9-13-30(31)37(41)44-38/h6-24,39H,5H2,1-4H3. The van der Waals surface area contributed by atoms with Crippen LogP contribution in [-0.2, 0) is 10.3 Å². The van der Waals surface area contributed by atoms with Crippen LogP contribution in [-0.4, -0.2) is 18.6 Å². The van der Waals surface area contributed by atoms with Gasteiger partial charge in [0.15, 0.2) is 5.60 Å². The predicted molar refractivity (Wildman–Crippen MR) is 174 cm³/mol. The normalized spacial score (nSPS) is 16.1. The van der Waals surface area contributed by atoms with Gasteiger partial charge in [-0.25, -0.2) is 4.79 Å². The summed E-state index contributed by atoms with van der Waals surface area (Å²) in [6.07, 6.45) is 0.111. The average molecular weight is 583 g/mol. The number of hydrogen-bond acceptors (Lipinski definition) is 6. The van der Waals surface area contributed by atoms with Gasteiger partial charge in [-0.3, -0.25) is 0 Å². The minimum absolute atomic E-state index is 0.111. The van der Waals surface area contributed by atoms with E-state index in [1.54, 1.807) is 0 Å². The van der Waals surface area contributed by atoms with Gasteiger partial charge in [-0.15, -0.1) is 0 Å². The van der Waals surface area contributed by atoms with Crippen molar-refractivity contribution in [1.82, 2.24) is 0 Å². The lowest BCUT2D eigenvalue weighted by Crippen LogP contribution is -2.33. The molecule has 1 unspecified atom stereocenters. The van der Waals surface area contributed by atoms with Gasteiger partial charge in [0, 0.05) is 52.1 Å². The first-order valence-electron chi connectivity index (χ1n) is 15.0. The summed E-state index contributed by atoms with van der Waals surface area (Å²) in [5.74, 6) is 1.81. The van der Waals surface area contributed by atoms with E-state index in [4.69, 9.17) is 14.2 Å². The fourth-order valence-corrected chi connectivity index (χ4v) is 6.28. The quantitative estimate of drug-likeness (QED) is 0.193. The Morgan fingerprint density at radius 2 is 1.50 bits per heavy atom. The summed E-state index contributed by atoms with van der Waals surface area (Å²) in [6, 6.07) is 36.0. The first kappa shape index (κ1) is 27.6. The molecule has 6 heteroatoms. The SMILES string of the molecule is CCN(c1ccc(OC(C)C)cc1)c1ccc2c(c1)Oc1cc(C)c(Nc3ccccc3)cc1C21OC(=O)c2ccccc21. The number of esters is 1. The number of carbonyl (C=O) groups is 1. The third-order valence-corrected chi connectivity index (χ3v) is 8.24. The Hall–Kier alpha value is -5.23. The van der Waals surface area contributed by atoms with E-state index in [0.29, 0.717) is 17.1 Å². The molecular weight excluding hydrogens is 548 g/mol. The van der Waals surface area contributed by atoms with Crippen LogP contribution in [0.5, 0.6) is 17.2 Å². The van der Waals surface area contributed by atoms with E-state index in [2.05, 4.69) is 41.4 Å². The lowest BCUT2D eigenvalue weighted by atomic mass is 9.77. The van der Waals surface area contributed by atoms with Crippen LogP contribution in [0.15, 0.2) is 109 Å². The number of hydrogen-bond donors (Lipinski definition) is 1. The van der Waals surface area contributed by atoms with E-state index in [1.807, 2.05) is 106 Å². The van der Waals surface area contributed by atoms with Gasteiger partial charge >= 0.3 is 5.97 Å². The molecule has 5 aromatic carbocycles. The molecule has 5 aromatic rings. The number of benzene rings is 5. The van der Waals surface area contributed by atoms with Gasteiger partial charge in [-0.05, 0) is 100.0 Å². The number of rotatable bonds is 7. The second-order valence-electron chi connectivity index (χ2n) is 11.5. The van der Waals surface area contributed by atoms with Crippen molar-refractivity contribution in [3.8, 4) is 17.2 Å². The summed E-state index contributed by atoms with van der Waals surface area (Å²) in [7, 11) is 0. The van der Waals surface area contributed by atoms with Gasteiger partial charge in [0.2, 0.25) is 0 Å². The molecule has 0 aromatic heterocycles. The van der Waals surface area contributed by atoms with Crippen molar-refractivity contribution in [2.75, 3.05) is 16.8 Å². The Balaban J connectivity index is 1.36. The van der Waals surface area contributed by atoms with E-state index >= 15 is 0 Å². The smallest absolute Gasteiger partial charge is 0.340 e. The highest BCUT2D eigenvalue weighted by atomic mass is 16.6. The highest BCUT2D eigenvalue weighted by Crippen LogP contribution is 2.57. The summed E-state index contributed by atoms with van der Waals surface area (Å²) >= 11 is 0. The molecule has 1 atom stereocenters. The lowest BCUT2D eigenvalue weighted by Gasteiger charge is -2.38. The molecule has 1 N–H and O–H groups in total. The largest absolute Gasteiger partial charge is 0.491 e. The molecule has 220 valence electrons. The summed E-state index contributed by atoms with van der Waals surface area (Å²) in [5.41, 5.74) is 6.71. The molecule has 2 aliphatic heterocycles. The molecule has 44 heavy (non-hydrogen) atoms. The van der Waals surface area contributed by atoms with E-state index in [-0.39, 0.29) is 12.1 Å². The fourth-order valence-electron chi connectivity index (χ4n) is 6.28. The third-order valence-electron chi connectivity index (χ3n) is 8.24. The molecule has 1 spiro atoms. The maximum absolute atomic E-state index is 13.4. The maximum Gasteiger partial charge on any atom is 0.340 e. The maximum atomic E-state index is 13.4. The highest BCUT2D eigenvalue weighted by molar-refractivity contribution is 5.97. The van der Waals surface area contributed by atoms with E-state index in [1.165, 1.54) is 0 Å². The first-order chi connectivity index (χ1) is 21.4. The van der Waals surface area contributed by atoms with Gasteiger partial charge in [-0.1, -0.05) is 36.4 Å². The van der Waals surface area contributed by atoms with Crippen molar-refractivity contribution >= 4 is 28.7 Å². The Morgan fingerprint density at radius 3 is 2.25 bits per heavy atom. The molecule has 0 amide bonds. The van der Waals surface area contributed by atoms with E-state index in [9.17, 15) is 4.79 Å². The van der Waals surface area contributed by atoms with Crippen molar-refractivity contribution in [3.63, 3.8) is 0 Å². The Morgan fingerprint density at radius 1 is 0.795 bits per heavy atom. The molecule has 0 bridgehead atoms. The summed E-state index contributed by atoms with van der Waals surface area (Å²) < 4.78 is 19.0. The van der Waals surface area contributed by atoms with Crippen LogP contribution in [0.2, 0.25) is 0 Å². The topological polar surface area (TPSA) is 60.0 Å². The second kappa shape index (κ2) is 10.8. The van der Waals surface area contributed by atoms with Crippen LogP contribution in [0, 0.1) is 6.92 Å². The zero-order valence-corrected chi connectivity index (χ0v) is 25.3. The molecule has 2 aliphatic rings. The van der Waals surface area contributed by atoms with Crippen LogP contribution in [0.4, 0.5) is 22.7 Å². The Labute approximate surface area is 257 Å². The summed E-state index contributed by atoms with van der Waals surface area (Å²) in [5, 5.41) is 3.54. The molecule has 2 heterocycles. The van der Waals surface area contributed by atoms with Gasteiger partial charge in [0.25, 0.3) is 0 Å². The molecular formula is C38H34N2O4. The molecule has 0 saturated heterocycles. The molecule has 0 aliphatic carbocycles. The summed E-state index contributed by atoms with van der Waals surface area (Å²) in [4.78, 5) is 15.6. The average Bonchev–Trinajstić information content (AvgIpc) is 3.32. The second-order valence-corrected chi connectivity index (χ2v) is 11.5. The van der Waals surface area contributed by atoms with Crippen molar-refractivity contribution < 1.29 is 19.0 Å². The zero-order chi connectivity index (χ0) is 30.4. The van der Waals surface area contributed by atoms with Crippen LogP contribution in [0.3, 0.4) is 0 Å². The van der Waals surface area contributed by atoms with Crippen molar-refractivity contribution in [1.29, 1.82) is 0 Å². The number of aryl methyl sites for hydroxylation is 1. The van der Waals surface area contributed by atoms with Crippen LogP contribution >= 0.6 is 0 Å². The molecule has 0 fully saturated rings.